The molecule has 2 aliphatic rings. The topological polar surface area (TPSA) is 65.4 Å². The Morgan fingerprint density at radius 3 is 2.58 bits per heavy atom. The zero-order valence-corrected chi connectivity index (χ0v) is 6.77. The van der Waals surface area contributed by atoms with E-state index in [1.54, 1.807) is 6.08 Å². The molecule has 0 unspecified atom stereocenters. The van der Waals surface area contributed by atoms with Crippen molar-refractivity contribution in [1.82, 2.24) is 0 Å². The van der Waals surface area contributed by atoms with Crippen molar-refractivity contribution in [3.05, 3.63) is 12.2 Å². The van der Waals surface area contributed by atoms with Gasteiger partial charge in [-0.2, -0.15) is 0 Å². The molecule has 0 aromatic rings. The van der Waals surface area contributed by atoms with E-state index in [1.165, 1.54) is 13.0 Å². The summed E-state index contributed by atoms with van der Waals surface area (Å²) in [6.45, 7) is 4.88. The van der Waals surface area contributed by atoms with Gasteiger partial charge in [0.1, 0.15) is 11.7 Å². The van der Waals surface area contributed by atoms with E-state index in [0.717, 1.165) is 0 Å². The van der Waals surface area contributed by atoms with Gasteiger partial charge in [0.05, 0.1) is 6.10 Å². The molecule has 1 aliphatic carbocycles. The predicted octanol–water partition coefficient (Wildman–Crippen LogP) is -0.536. The number of hydrogen-bond acceptors (Lipinski definition) is 4. The Bertz CT molecular complexity index is 263. The zero-order chi connectivity index (χ0) is 8.98. The molecule has 1 saturated heterocycles. The molecule has 1 heterocycles. The summed E-state index contributed by atoms with van der Waals surface area (Å²) >= 11 is 0. The molecule has 0 radical (unpaired) electrons. The van der Waals surface area contributed by atoms with Gasteiger partial charge >= 0.3 is 0 Å². The molecule has 0 aromatic heterocycles. The van der Waals surface area contributed by atoms with Crippen LogP contribution in [0.3, 0.4) is 0 Å². The molecular formula is C8H11NO3. The van der Waals surface area contributed by atoms with E-state index in [9.17, 15) is 10.2 Å². The van der Waals surface area contributed by atoms with Gasteiger partial charge in [-0.15, -0.1) is 0 Å². The lowest BCUT2D eigenvalue weighted by Gasteiger charge is -2.23. The molecule has 1 aliphatic heterocycles. The van der Waals surface area contributed by atoms with Gasteiger partial charge in [-0.05, 0) is 25.8 Å². The van der Waals surface area contributed by atoms with Gasteiger partial charge in [0.2, 0.25) is 5.72 Å². The number of aliphatic hydroxyl groups excluding tert-OH is 1. The lowest BCUT2D eigenvalue weighted by atomic mass is 9.96. The van der Waals surface area contributed by atoms with E-state index in [-0.39, 0.29) is 0 Å². The Kier molecular flexibility index (Phi) is 1.29. The van der Waals surface area contributed by atoms with Gasteiger partial charge in [0.25, 0.3) is 0 Å². The fourth-order valence-electron chi connectivity index (χ4n) is 1.58. The molecule has 12 heavy (non-hydrogen) atoms. The number of rotatable bonds is 2. The van der Waals surface area contributed by atoms with Crippen molar-refractivity contribution in [2.75, 3.05) is 0 Å². The minimum absolute atomic E-state index is 0.456. The largest absolute Gasteiger partial charge is 0.390 e. The number of ether oxygens (including phenoxy) is 1. The van der Waals surface area contributed by atoms with Crippen LogP contribution in [0.4, 0.5) is 0 Å². The molecule has 0 spiro atoms. The Balaban J connectivity index is 2.27. The minimum atomic E-state index is -1.29. The van der Waals surface area contributed by atoms with E-state index < -0.39 is 23.5 Å². The maximum Gasteiger partial charge on any atom is 0.207 e. The summed E-state index contributed by atoms with van der Waals surface area (Å²) in [5.74, 6) is 0. The van der Waals surface area contributed by atoms with Crippen LogP contribution in [0.25, 0.3) is 0 Å². The van der Waals surface area contributed by atoms with E-state index >= 15 is 0 Å². The number of hydrogen-bond donors (Lipinski definition) is 2. The second-order valence-corrected chi connectivity index (χ2v) is 3.30. The fourth-order valence-corrected chi connectivity index (χ4v) is 1.58. The van der Waals surface area contributed by atoms with Crippen LogP contribution in [0.15, 0.2) is 17.1 Å². The summed E-state index contributed by atoms with van der Waals surface area (Å²) in [6.07, 6.45) is 1.85. The van der Waals surface area contributed by atoms with Gasteiger partial charge in [0, 0.05) is 0 Å². The SMILES string of the molecule is C=N[C@@]12C=C[C@@](O)([C@H](C)O)[C@@H]1O2. The molecule has 0 aromatic carbocycles. The first-order valence-corrected chi connectivity index (χ1v) is 3.82. The molecule has 4 heteroatoms. The van der Waals surface area contributed by atoms with E-state index in [1.807, 2.05) is 0 Å². The summed E-state index contributed by atoms with van der Waals surface area (Å²) in [6, 6.07) is 0. The van der Waals surface area contributed by atoms with E-state index in [0.29, 0.717) is 0 Å². The maximum absolute atomic E-state index is 9.83. The summed E-state index contributed by atoms with van der Waals surface area (Å²) in [5.41, 5.74) is -2.05. The van der Waals surface area contributed by atoms with Crippen LogP contribution in [0.5, 0.6) is 0 Å². The normalized spacial score (nSPS) is 51.8. The molecular weight excluding hydrogens is 158 g/mol. The van der Waals surface area contributed by atoms with Gasteiger partial charge in [-0.3, -0.25) is 4.99 Å². The van der Waals surface area contributed by atoms with Crippen molar-refractivity contribution in [2.45, 2.75) is 30.5 Å². The van der Waals surface area contributed by atoms with Gasteiger partial charge < -0.3 is 14.9 Å². The molecule has 0 saturated carbocycles. The first kappa shape index (κ1) is 7.91. The Morgan fingerprint density at radius 1 is 1.67 bits per heavy atom. The molecule has 0 bridgehead atoms. The molecule has 0 amide bonds. The quantitative estimate of drug-likeness (QED) is 0.331. The first-order chi connectivity index (χ1) is 5.55. The highest BCUT2D eigenvalue weighted by Crippen LogP contribution is 2.52. The highest BCUT2D eigenvalue weighted by atomic mass is 16.6. The second-order valence-electron chi connectivity index (χ2n) is 3.30. The summed E-state index contributed by atoms with van der Waals surface area (Å²) in [7, 11) is 0. The number of aliphatic hydroxyl groups is 2. The molecule has 4 atom stereocenters. The highest BCUT2D eigenvalue weighted by molar-refractivity contribution is 5.40. The van der Waals surface area contributed by atoms with Crippen molar-refractivity contribution < 1.29 is 14.9 Å². The molecule has 4 nitrogen and oxygen atoms in total. The average molecular weight is 169 g/mol. The smallest absolute Gasteiger partial charge is 0.207 e. The third kappa shape index (κ3) is 0.696. The Hall–Kier alpha value is -0.710. The van der Waals surface area contributed by atoms with Crippen molar-refractivity contribution >= 4 is 6.72 Å². The average Bonchev–Trinajstić information content (AvgIpc) is 2.70. The van der Waals surface area contributed by atoms with Gasteiger partial charge in [-0.1, -0.05) is 0 Å². The number of aliphatic imine (C=N–C) groups is 1. The zero-order valence-electron chi connectivity index (χ0n) is 6.77. The molecule has 1 fully saturated rings. The first-order valence-electron chi connectivity index (χ1n) is 3.82. The summed E-state index contributed by atoms with van der Waals surface area (Å²) < 4.78 is 5.14. The van der Waals surface area contributed by atoms with Crippen molar-refractivity contribution in [3.8, 4) is 0 Å². The van der Waals surface area contributed by atoms with Crippen molar-refractivity contribution in [1.29, 1.82) is 0 Å². The van der Waals surface area contributed by atoms with Crippen LogP contribution in [0.1, 0.15) is 6.92 Å². The van der Waals surface area contributed by atoms with Crippen LogP contribution < -0.4 is 0 Å². The number of nitrogens with zero attached hydrogens (tertiary/aromatic N) is 1. The van der Waals surface area contributed by atoms with Crippen LogP contribution >= 0.6 is 0 Å². The molecule has 2 rings (SSSR count). The van der Waals surface area contributed by atoms with Gasteiger partial charge in [-0.25, -0.2) is 0 Å². The molecule has 2 N–H and O–H groups in total. The monoisotopic (exact) mass is 169 g/mol. The third-order valence-corrected chi connectivity index (χ3v) is 2.55. The fraction of sp³-hybridized carbons (Fsp3) is 0.625. The van der Waals surface area contributed by atoms with Crippen LogP contribution in [-0.2, 0) is 4.74 Å². The van der Waals surface area contributed by atoms with Crippen molar-refractivity contribution in [3.63, 3.8) is 0 Å². The van der Waals surface area contributed by atoms with Crippen LogP contribution in [-0.4, -0.2) is 40.5 Å². The lowest BCUT2D eigenvalue weighted by molar-refractivity contribution is -0.0459. The van der Waals surface area contributed by atoms with E-state index in [2.05, 4.69) is 11.7 Å². The molecule has 66 valence electrons. The van der Waals surface area contributed by atoms with E-state index in [4.69, 9.17) is 4.74 Å². The van der Waals surface area contributed by atoms with Gasteiger partial charge in [0.15, 0.2) is 0 Å². The Labute approximate surface area is 70.2 Å². The Morgan fingerprint density at radius 2 is 2.33 bits per heavy atom. The highest BCUT2D eigenvalue weighted by Gasteiger charge is 2.69. The third-order valence-electron chi connectivity index (χ3n) is 2.55. The number of fused-ring (bicyclic) bond motifs is 1. The summed E-state index contributed by atoms with van der Waals surface area (Å²) in [5, 5.41) is 19.1. The van der Waals surface area contributed by atoms with Crippen molar-refractivity contribution in [2.24, 2.45) is 4.99 Å². The lowest BCUT2D eigenvalue weighted by Crippen LogP contribution is -2.43. The van der Waals surface area contributed by atoms with Crippen LogP contribution in [0.2, 0.25) is 0 Å². The van der Waals surface area contributed by atoms with Crippen LogP contribution in [0, 0.1) is 0 Å². The standard InChI is InChI=1S/C8H11NO3/c1-5(10)7(11)3-4-8(9-2)6(7)12-8/h3-6,10-11H,2H2,1H3/t5-,6-,7+,8+/m0/s1. The maximum atomic E-state index is 9.83. The summed E-state index contributed by atoms with van der Waals surface area (Å²) in [4.78, 5) is 3.74. The number of epoxide rings is 1. The minimum Gasteiger partial charge on any atom is -0.390 e. The second kappa shape index (κ2) is 1.96. The predicted molar refractivity (Wildman–Crippen MR) is 42.9 cm³/mol.